The van der Waals surface area contributed by atoms with Crippen LogP contribution in [0.2, 0.25) is 5.02 Å². The Labute approximate surface area is 268 Å². The third kappa shape index (κ3) is 5.45. The Hall–Kier alpha value is -4.98. The maximum atomic E-state index is 14.3. The van der Waals surface area contributed by atoms with E-state index >= 15 is 0 Å². The van der Waals surface area contributed by atoms with E-state index in [1.807, 2.05) is 103 Å². The van der Waals surface area contributed by atoms with Crippen LogP contribution < -0.4 is 14.9 Å². The summed E-state index contributed by atoms with van der Waals surface area (Å²) in [5.41, 5.74) is 5.33. The molecule has 7 rings (SSSR count). The van der Waals surface area contributed by atoms with Crippen molar-refractivity contribution in [1.82, 2.24) is 9.13 Å². The summed E-state index contributed by atoms with van der Waals surface area (Å²) in [6.45, 7) is 2.64. The van der Waals surface area contributed by atoms with Gasteiger partial charge in [0.25, 0.3) is 5.56 Å². The lowest BCUT2D eigenvalue weighted by Crippen LogP contribution is -2.39. The standard InChI is InChI=1S/C37H28ClN3O3S/c1-2-44-36(43)32-33(25-11-5-3-6-12-25)39-37-41(34(32)26-13-7-4-8-14-26)35(42)31(45-37)21-27-23-40(30-16-10-9-15-29(27)30)22-24-17-19-28(38)20-18-24/h3-21,23,34H,2,22H2,1H3/b31-21-/t34-/m1/s1. The minimum atomic E-state index is -0.704. The number of aromatic nitrogens is 2. The number of thiazole rings is 1. The number of halogens is 1. The zero-order valence-electron chi connectivity index (χ0n) is 24.4. The Morgan fingerprint density at radius 1 is 0.933 bits per heavy atom. The molecule has 0 aliphatic carbocycles. The van der Waals surface area contributed by atoms with Gasteiger partial charge in [-0.05, 0) is 42.3 Å². The van der Waals surface area contributed by atoms with Crippen LogP contribution in [0.1, 0.15) is 35.2 Å². The number of rotatable bonds is 7. The van der Waals surface area contributed by atoms with Crippen molar-refractivity contribution in [3.05, 3.63) is 168 Å². The highest BCUT2D eigenvalue weighted by atomic mass is 35.5. The smallest absolute Gasteiger partial charge is 0.338 e. The van der Waals surface area contributed by atoms with Crippen molar-refractivity contribution in [1.29, 1.82) is 0 Å². The second-order valence-corrected chi connectivity index (χ2v) is 12.1. The van der Waals surface area contributed by atoms with E-state index in [-0.39, 0.29) is 12.2 Å². The van der Waals surface area contributed by atoms with Crippen LogP contribution in [-0.4, -0.2) is 21.7 Å². The Morgan fingerprint density at radius 3 is 2.36 bits per heavy atom. The van der Waals surface area contributed by atoms with E-state index in [1.165, 1.54) is 11.3 Å². The molecule has 4 aromatic carbocycles. The van der Waals surface area contributed by atoms with Crippen LogP contribution >= 0.6 is 22.9 Å². The van der Waals surface area contributed by atoms with Crippen molar-refractivity contribution in [2.45, 2.75) is 19.5 Å². The molecule has 1 aliphatic heterocycles. The highest BCUT2D eigenvalue weighted by Crippen LogP contribution is 2.35. The first-order valence-corrected chi connectivity index (χ1v) is 15.9. The molecule has 0 N–H and O–H groups in total. The molecular formula is C37H28ClN3O3S. The maximum Gasteiger partial charge on any atom is 0.338 e. The molecule has 222 valence electrons. The minimum Gasteiger partial charge on any atom is -0.463 e. The number of esters is 1. The van der Waals surface area contributed by atoms with Crippen LogP contribution in [0.3, 0.4) is 0 Å². The van der Waals surface area contributed by atoms with Gasteiger partial charge in [-0.1, -0.05) is 114 Å². The van der Waals surface area contributed by atoms with Crippen LogP contribution in [0.5, 0.6) is 0 Å². The normalized spacial score (nSPS) is 14.8. The molecule has 1 atom stereocenters. The van der Waals surface area contributed by atoms with E-state index in [2.05, 4.69) is 22.9 Å². The SMILES string of the molecule is CCOC(=O)C1=C(c2ccccc2)N=c2s/c(=C\c3cn(Cc4ccc(Cl)cc4)c4ccccc34)c(=O)n2[C@@H]1c1ccccc1. The summed E-state index contributed by atoms with van der Waals surface area (Å²) in [5, 5.41) is 1.73. The average molecular weight is 630 g/mol. The largest absolute Gasteiger partial charge is 0.463 e. The molecule has 0 amide bonds. The Kier molecular flexibility index (Phi) is 7.79. The van der Waals surface area contributed by atoms with Crippen LogP contribution in [0.15, 0.2) is 131 Å². The summed E-state index contributed by atoms with van der Waals surface area (Å²) in [5.74, 6) is -0.492. The van der Waals surface area contributed by atoms with Crippen molar-refractivity contribution in [2.24, 2.45) is 4.99 Å². The van der Waals surface area contributed by atoms with Crippen molar-refractivity contribution in [2.75, 3.05) is 6.61 Å². The number of carbonyl (C=O) groups is 1. The van der Waals surface area contributed by atoms with Crippen molar-refractivity contribution < 1.29 is 9.53 Å². The number of para-hydroxylation sites is 1. The molecule has 0 fully saturated rings. The quantitative estimate of drug-likeness (QED) is 0.187. The minimum absolute atomic E-state index is 0.205. The van der Waals surface area contributed by atoms with Gasteiger partial charge in [0, 0.05) is 39.8 Å². The number of hydrogen-bond acceptors (Lipinski definition) is 5. The molecule has 45 heavy (non-hydrogen) atoms. The first-order valence-electron chi connectivity index (χ1n) is 14.7. The number of fused-ring (bicyclic) bond motifs is 2. The first kappa shape index (κ1) is 28.8. The van der Waals surface area contributed by atoms with Gasteiger partial charge >= 0.3 is 5.97 Å². The highest BCUT2D eigenvalue weighted by Gasteiger charge is 2.35. The fourth-order valence-electron chi connectivity index (χ4n) is 5.84. The molecule has 0 spiro atoms. The molecule has 8 heteroatoms. The van der Waals surface area contributed by atoms with Gasteiger partial charge in [-0.25, -0.2) is 9.79 Å². The van der Waals surface area contributed by atoms with Crippen molar-refractivity contribution >= 4 is 51.6 Å². The van der Waals surface area contributed by atoms with Crippen molar-refractivity contribution in [3.8, 4) is 0 Å². The predicted octanol–water partition coefficient (Wildman–Crippen LogP) is 6.59. The van der Waals surface area contributed by atoms with E-state index in [4.69, 9.17) is 21.3 Å². The second kappa shape index (κ2) is 12.2. The third-order valence-electron chi connectivity index (χ3n) is 7.86. The summed E-state index contributed by atoms with van der Waals surface area (Å²) >= 11 is 7.44. The second-order valence-electron chi connectivity index (χ2n) is 10.7. The maximum absolute atomic E-state index is 14.3. The zero-order chi connectivity index (χ0) is 30.9. The summed E-state index contributed by atoms with van der Waals surface area (Å²) in [7, 11) is 0. The number of benzene rings is 4. The van der Waals surface area contributed by atoms with E-state index in [9.17, 15) is 9.59 Å². The van der Waals surface area contributed by atoms with Crippen LogP contribution in [0, 0.1) is 0 Å². The fourth-order valence-corrected chi connectivity index (χ4v) is 6.96. The van der Waals surface area contributed by atoms with Crippen molar-refractivity contribution in [3.63, 3.8) is 0 Å². The lowest BCUT2D eigenvalue weighted by Gasteiger charge is -2.25. The predicted molar refractivity (Wildman–Crippen MR) is 180 cm³/mol. The molecular weight excluding hydrogens is 602 g/mol. The molecule has 6 nitrogen and oxygen atoms in total. The lowest BCUT2D eigenvalue weighted by atomic mass is 9.93. The van der Waals surface area contributed by atoms with Crippen LogP contribution in [0.4, 0.5) is 0 Å². The van der Waals surface area contributed by atoms with Gasteiger partial charge in [0.05, 0.1) is 28.5 Å². The van der Waals surface area contributed by atoms with Gasteiger partial charge in [0.2, 0.25) is 0 Å². The molecule has 0 saturated carbocycles. The van der Waals surface area contributed by atoms with Gasteiger partial charge in [-0.2, -0.15) is 0 Å². The Balaban J connectivity index is 1.44. The topological polar surface area (TPSA) is 65.6 Å². The van der Waals surface area contributed by atoms with E-state index < -0.39 is 12.0 Å². The summed E-state index contributed by atoms with van der Waals surface area (Å²) < 4.78 is 9.91. The molecule has 1 aliphatic rings. The third-order valence-corrected chi connectivity index (χ3v) is 9.10. The summed E-state index contributed by atoms with van der Waals surface area (Å²) in [6.07, 6.45) is 4.01. The lowest BCUT2D eigenvalue weighted by molar-refractivity contribution is -0.138. The molecule has 0 bridgehead atoms. The van der Waals surface area contributed by atoms with Gasteiger partial charge in [-0.3, -0.25) is 9.36 Å². The zero-order valence-corrected chi connectivity index (χ0v) is 26.0. The number of hydrogen-bond donors (Lipinski definition) is 0. The van der Waals surface area contributed by atoms with Gasteiger partial charge in [0.15, 0.2) is 4.80 Å². The van der Waals surface area contributed by atoms with Gasteiger partial charge in [-0.15, -0.1) is 0 Å². The number of carbonyl (C=O) groups excluding carboxylic acids is 1. The Bertz CT molecular complexity index is 2250. The molecule has 0 saturated heterocycles. The van der Waals surface area contributed by atoms with E-state index in [0.29, 0.717) is 32.2 Å². The summed E-state index contributed by atoms with van der Waals surface area (Å²) in [4.78, 5) is 33.4. The number of nitrogens with zero attached hydrogens (tertiary/aromatic N) is 3. The highest BCUT2D eigenvalue weighted by molar-refractivity contribution is 7.07. The van der Waals surface area contributed by atoms with Gasteiger partial charge < -0.3 is 9.30 Å². The molecule has 3 heterocycles. The molecule has 0 radical (unpaired) electrons. The van der Waals surface area contributed by atoms with Crippen LogP contribution in [-0.2, 0) is 16.1 Å². The molecule has 2 aromatic heterocycles. The monoisotopic (exact) mass is 629 g/mol. The summed E-state index contributed by atoms with van der Waals surface area (Å²) in [6, 6.07) is 34.4. The van der Waals surface area contributed by atoms with E-state index in [0.717, 1.165) is 33.2 Å². The number of ether oxygens (including phenoxy) is 1. The molecule has 0 unspecified atom stereocenters. The average Bonchev–Trinajstić information content (AvgIpc) is 3.58. The van der Waals surface area contributed by atoms with Crippen LogP contribution in [0.25, 0.3) is 22.7 Å². The molecule has 6 aromatic rings. The first-order chi connectivity index (χ1) is 22.0. The Morgan fingerprint density at radius 2 is 1.62 bits per heavy atom. The van der Waals surface area contributed by atoms with E-state index in [1.54, 1.807) is 11.5 Å². The fraction of sp³-hybridized carbons (Fsp3) is 0.108. The van der Waals surface area contributed by atoms with Gasteiger partial charge in [0.1, 0.15) is 0 Å².